The quantitative estimate of drug-likeness (QED) is 0.427. The standard InChI is InChI=1S/C25H26N8O3/c1-15-9-17(5-8-35-15)33-22(11-21-29-25(36-30-21)32-7-6-31(2)23(34)14-32)28-20-13-27-19-4-3-16(12-26)10-18(19)24(20)33/h3-4,10,13,15,17H,5-9,11,14H2,1-2H3/t15-,17?/m1/s1. The average molecular weight is 487 g/mol. The minimum atomic E-state index is 0.0209. The summed E-state index contributed by atoms with van der Waals surface area (Å²) in [6, 6.07) is 8.29. The highest BCUT2D eigenvalue weighted by Gasteiger charge is 2.28. The first-order chi connectivity index (χ1) is 17.5. The molecular formula is C25H26N8O3. The molecule has 0 saturated carbocycles. The van der Waals surface area contributed by atoms with Gasteiger partial charge in [-0.2, -0.15) is 10.2 Å². The van der Waals surface area contributed by atoms with Crippen LogP contribution in [-0.2, 0) is 16.0 Å². The molecule has 6 rings (SSSR count). The van der Waals surface area contributed by atoms with Crippen molar-refractivity contribution in [2.45, 2.75) is 38.3 Å². The number of hydrogen-bond acceptors (Lipinski definition) is 9. The van der Waals surface area contributed by atoms with E-state index < -0.39 is 0 Å². The Morgan fingerprint density at radius 2 is 2.11 bits per heavy atom. The molecule has 1 amide bonds. The Balaban J connectivity index is 1.42. The van der Waals surface area contributed by atoms with Crippen LogP contribution in [0.4, 0.5) is 6.01 Å². The number of benzene rings is 1. The molecule has 2 saturated heterocycles. The van der Waals surface area contributed by atoms with Gasteiger partial charge in [-0.3, -0.25) is 9.78 Å². The van der Waals surface area contributed by atoms with Gasteiger partial charge in [0.05, 0.1) is 41.4 Å². The van der Waals surface area contributed by atoms with Crippen molar-refractivity contribution in [1.82, 2.24) is 29.6 Å². The number of nitrogens with zero attached hydrogens (tertiary/aromatic N) is 8. The first-order valence-electron chi connectivity index (χ1n) is 12.1. The van der Waals surface area contributed by atoms with Crippen LogP contribution in [0.5, 0.6) is 0 Å². The average Bonchev–Trinajstić information content (AvgIpc) is 3.50. The highest BCUT2D eigenvalue weighted by molar-refractivity contribution is 6.03. The van der Waals surface area contributed by atoms with Crippen LogP contribution in [0.3, 0.4) is 0 Å². The summed E-state index contributed by atoms with van der Waals surface area (Å²) in [7, 11) is 1.79. The maximum atomic E-state index is 12.1. The zero-order chi connectivity index (χ0) is 24.8. The van der Waals surface area contributed by atoms with E-state index in [1.165, 1.54) is 0 Å². The first-order valence-corrected chi connectivity index (χ1v) is 12.1. The molecule has 1 unspecified atom stereocenters. The summed E-state index contributed by atoms with van der Waals surface area (Å²) in [5.41, 5.74) is 3.12. The molecule has 2 fully saturated rings. The van der Waals surface area contributed by atoms with Crippen LogP contribution in [0.15, 0.2) is 28.9 Å². The van der Waals surface area contributed by atoms with E-state index in [1.54, 1.807) is 24.2 Å². The van der Waals surface area contributed by atoms with Gasteiger partial charge < -0.3 is 23.6 Å². The Morgan fingerprint density at radius 3 is 2.92 bits per heavy atom. The number of amides is 1. The summed E-state index contributed by atoms with van der Waals surface area (Å²) < 4.78 is 13.6. The monoisotopic (exact) mass is 486 g/mol. The number of aromatic nitrogens is 5. The van der Waals surface area contributed by atoms with E-state index >= 15 is 0 Å². The zero-order valence-corrected chi connectivity index (χ0v) is 20.2. The summed E-state index contributed by atoms with van der Waals surface area (Å²) in [6.07, 6.45) is 3.98. The molecule has 2 atom stereocenters. The van der Waals surface area contributed by atoms with E-state index in [2.05, 4.69) is 32.7 Å². The number of carbonyl (C=O) groups is 1. The smallest absolute Gasteiger partial charge is 0.324 e. The number of nitriles is 1. The maximum absolute atomic E-state index is 12.1. The Hall–Kier alpha value is -4.04. The normalized spacial score (nSPS) is 20.9. The van der Waals surface area contributed by atoms with Crippen LogP contribution in [0, 0.1) is 11.3 Å². The number of fused-ring (bicyclic) bond motifs is 3. The lowest BCUT2D eigenvalue weighted by Gasteiger charge is -2.30. The predicted molar refractivity (Wildman–Crippen MR) is 130 cm³/mol. The van der Waals surface area contributed by atoms with E-state index in [0.29, 0.717) is 43.5 Å². The maximum Gasteiger partial charge on any atom is 0.324 e. The van der Waals surface area contributed by atoms with E-state index in [1.807, 2.05) is 17.0 Å². The van der Waals surface area contributed by atoms with Crippen molar-refractivity contribution in [2.24, 2.45) is 0 Å². The van der Waals surface area contributed by atoms with Gasteiger partial charge in [-0.15, -0.1) is 0 Å². The number of rotatable bonds is 4. The number of anilines is 1. The van der Waals surface area contributed by atoms with E-state index in [-0.39, 0.29) is 24.6 Å². The summed E-state index contributed by atoms with van der Waals surface area (Å²) in [5.74, 6) is 1.33. The Morgan fingerprint density at radius 1 is 1.22 bits per heavy atom. The number of likely N-dealkylation sites (N-methyl/N-ethyl adjacent to an activating group) is 1. The van der Waals surface area contributed by atoms with Crippen LogP contribution >= 0.6 is 0 Å². The first kappa shape index (κ1) is 22.4. The lowest BCUT2D eigenvalue weighted by atomic mass is 10.0. The minimum Gasteiger partial charge on any atom is -0.378 e. The van der Waals surface area contributed by atoms with Gasteiger partial charge in [0.15, 0.2) is 5.82 Å². The van der Waals surface area contributed by atoms with Crippen molar-refractivity contribution >= 4 is 33.9 Å². The minimum absolute atomic E-state index is 0.0209. The zero-order valence-electron chi connectivity index (χ0n) is 20.2. The van der Waals surface area contributed by atoms with Crippen LogP contribution in [0.25, 0.3) is 21.9 Å². The fourth-order valence-corrected chi connectivity index (χ4v) is 5.13. The molecule has 2 aliphatic rings. The lowest BCUT2D eigenvalue weighted by Crippen LogP contribution is -2.48. The van der Waals surface area contributed by atoms with Crippen LogP contribution < -0.4 is 4.90 Å². The van der Waals surface area contributed by atoms with Crippen LogP contribution in [0.1, 0.15) is 43.0 Å². The number of ether oxygens (including phenoxy) is 1. The van der Waals surface area contributed by atoms with Crippen LogP contribution in [-0.4, -0.2) is 74.9 Å². The molecule has 1 aromatic carbocycles. The third kappa shape index (κ3) is 3.93. The number of imidazole rings is 1. The number of carbonyl (C=O) groups excluding carboxylic acids is 1. The second kappa shape index (κ2) is 8.87. The van der Waals surface area contributed by atoms with Gasteiger partial charge in [0.25, 0.3) is 0 Å². The number of piperazine rings is 1. The summed E-state index contributed by atoms with van der Waals surface area (Å²) in [6.45, 7) is 4.22. The van der Waals surface area contributed by atoms with Gasteiger partial charge in [-0.1, -0.05) is 5.16 Å². The Kier molecular flexibility index (Phi) is 5.53. The molecule has 5 heterocycles. The van der Waals surface area contributed by atoms with Crippen molar-refractivity contribution < 1.29 is 14.1 Å². The molecule has 11 heteroatoms. The van der Waals surface area contributed by atoms with Gasteiger partial charge in [0, 0.05) is 38.2 Å². The third-order valence-corrected chi connectivity index (χ3v) is 7.04. The Labute approximate surface area is 207 Å². The highest BCUT2D eigenvalue weighted by atomic mass is 16.5. The third-order valence-electron chi connectivity index (χ3n) is 7.04. The molecular weight excluding hydrogens is 460 g/mol. The lowest BCUT2D eigenvalue weighted by molar-refractivity contribution is -0.129. The molecule has 2 aliphatic heterocycles. The van der Waals surface area contributed by atoms with Crippen molar-refractivity contribution in [3.63, 3.8) is 0 Å². The fraction of sp³-hybridized carbons (Fsp3) is 0.440. The molecule has 4 aromatic rings. The fourth-order valence-electron chi connectivity index (χ4n) is 5.13. The Bertz CT molecular complexity index is 1500. The van der Waals surface area contributed by atoms with Gasteiger partial charge >= 0.3 is 6.01 Å². The highest BCUT2D eigenvalue weighted by Crippen LogP contribution is 2.34. The molecule has 0 N–H and O–H groups in total. The molecule has 0 spiro atoms. The van der Waals surface area contributed by atoms with Gasteiger partial charge in [0.2, 0.25) is 5.91 Å². The van der Waals surface area contributed by atoms with Crippen molar-refractivity contribution in [1.29, 1.82) is 5.26 Å². The molecule has 184 valence electrons. The molecule has 36 heavy (non-hydrogen) atoms. The number of hydrogen-bond donors (Lipinski definition) is 0. The summed E-state index contributed by atoms with van der Waals surface area (Å²) in [4.78, 5) is 29.7. The molecule has 11 nitrogen and oxygen atoms in total. The van der Waals surface area contributed by atoms with Crippen molar-refractivity contribution in [3.8, 4) is 6.07 Å². The van der Waals surface area contributed by atoms with E-state index in [0.717, 1.165) is 40.6 Å². The van der Waals surface area contributed by atoms with E-state index in [9.17, 15) is 10.1 Å². The second-order valence-electron chi connectivity index (χ2n) is 9.50. The predicted octanol–water partition coefficient (Wildman–Crippen LogP) is 2.45. The van der Waals surface area contributed by atoms with Gasteiger partial charge in [-0.05, 0) is 38.0 Å². The molecule has 3 aromatic heterocycles. The number of pyridine rings is 1. The molecule has 0 bridgehead atoms. The van der Waals surface area contributed by atoms with Crippen molar-refractivity contribution in [2.75, 3.05) is 38.2 Å². The van der Waals surface area contributed by atoms with Gasteiger partial charge in [-0.25, -0.2) is 4.98 Å². The topological polar surface area (TPSA) is 126 Å². The SMILES string of the molecule is C[C@@H]1CC(n2c(Cc3noc(N4CCN(C)C(=O)C4)n3)nc3cnc4ccc(C#N)cc4c32)CCO1. The summed E-state index contributed by atoms with van der Waals surface area (Å²) >= 11 is 0. The van der Waals surface area contributed by atoms with E-state index in [4.69, 9.17) is 14.2 Å². The molecule has 0 aliphatic carbocycles. The summed E-state index contributed by atoms with van der Waals surface area (Å²) in [5, 5.41) is 14.6. The van der Waals surface area contributed by atoms with Gasteiger partial charge in [0.1, 0.15) is 17.9 Å². The second-order valence-corrected chi connectivity index (χ2v) is 9.50. The van der Waals surface area contributed by atoms with Crippen molar-refractivity contribution in [3.05, 3.63) is 41.6 Å². The molecule has 0 radical (unpaired) electrons. The largest absolute Gasteiger partial charge is 0.378 e. The van der Waals surface area contributed by atoms with Crippen LogP contribution in [0.2, 0.25) is 0 Å².